The molecule has 1 saturated carbocycles. The number of hydrogen-bond acceptors (Lipinski definition) is 6. The summed E-state index contributed by atoms with van der Waals surface area (Å²) in [6.45, 7) is 1.55. The molecule has 0 amide bonds. The molecule has 1 heterocycles. The first kappa shape index (κ1) is 19.0. The highest BCUT2D eigenvalue weighted by atomic mass is 32.2. The minimum atomic E-state index is 0.652. The number of ether oxygens (including phenoxy) is 3. The van der Waals surface area contributed by atoms with Gasteiger partial charge in [-0.3, -0.25) is 0 Å². The first-order valence-electron chi connectivity index (χ1n) is 9.08. The lowest BCUT2D eigenvalue weighted by Crippen LogP contribution is -2.07. The number of thioether (sulfide) groups is 1. The van der Waals surface area contributed by atoms with Crippen LogP contribution in [-0.4, -0.2) is 48.0 Å². The van der Waals surface area contributed by atoms with Crippen molar-refractivity contribution in [3.63, 3.8) is 0 Å². The zero-order chi connectivity index (χ0) is 18.4. The molecule has 1 aliphatic carbocycles. The maximum absolute atomic E-state index is 5.44. The fourth-order valence-corrected chi connectivity index (χ4v) is 4.55. The van der Waals surface area contributed by atoms with Gasteiger partial charge in [0.25, 0.3) is 0 Å². The van der Waals surface area contributed by atoms with Crippen molar-refractivity contribution in [3.8, 4) is 22.9 Å². The van der Waals surface area contributed by atoms with Gasteiger partial charge in [-0.25, -0.2) is 0 Å². The quantitative estimate of drug-likeness (QED) is 0.615. The van der Waals surface area contributed by atoms with Crippen LogP contribution < -0.4 is 9.47 Å². The van der Waals surface area contributed by atoms with Crippen LogP contribution in [0.4, 0.5) is 0 Å². The molecule has 1 aliphatic rings. The van der Waals surface area contributed by atoms with Gasteiger partial charge in [-0.2, -0.15) is 0 Å². The molecule has 7 heteroatoms. The Labute approximate surface area is 159 Å². The van der Waals surface area contributed by atoms with Crippen molar-refractivity contribution < 1.29 is 14.2 Å². The molecule has 6 nitrogen and oxygen atoms in total. The van der Waals surface area contributed by atoms with E-state index in [0.717, 1.165) is 36.1 Å². The first-order chi connectivity index (χ1) is 12.8. The Hall–Kier alpha value is -1.73. The highest BCUT2D eigenvalue weighted by Crippen LogP contribution is 2.37. The summed E-state index contributed by atoms with van der Waals surface area (Å²) >= 11 is 1.86. The summed E-state index contributed by atoms with van der Waals surface area (Å²) in [6, 6.07) is 5.87. The van der Waals surface area contributed by atoms with Crippen molar-refractivity contribution in [1.29, 1.82) is 0 Å². The Morgan fingerprint density at radius 2 is 1.85 bits per heavy atom. The number of nitrogens with zero attached hydrogens (tertiary/aromatic N) is 3. The number of methoxy groups -OCH3 is 3. The highest BCUT2D eigenvalue weighted by molar-refractivity contribution is 7.99. The summed E-state index contributed by atoms with van der Waals surface area (Å²) in [4.78, 5) is 0. The van der Waals surface area contributed by atoms with E-state index in [0.29, 0.717) is 16.7 Å². The average Bonchev–Trinajstić information content (AvgIpc) is 3.32. The Morgan fingerprint density at radius 3 is 2.54 bits per heavy atom. The molecule has 1 aromatic carbocycles. The van der Waals surface area contributed by atoms with E-state index < -0.39 is 0 Å². The molecule has 0 atom stereocenters. The molecular formula is C19H27N3O3S. The number of benzene rings is 1. The minimum absolute atomic E-state index is 0.652. The predicted octanol–water partition coefficient (Wildman–Crippen LogP) is 4.03. The molecule has 2 aromatic rings. The normalized spacial score (nSPS) is 14.7. The Morgan fingerprint density at radius 1 is 1.08 bits per heavy atom. The zero-order valence-corrected chi connectivity index (χ0v) is 16.6. The molecule has 1 aromatic heterocycles. The second-order valence-electron chi connectivity index (χ2n) is 6.40. The first-order valence-corrected chi connectivity index (χ1v) is 9.96. The molecule has 3 rings (SSSR count). The van der Waals surface area contributed by atoms with Crippen LogP contribution in [0.15, 0.2) is 23.4 Å². The average molecular weight is 378 g/mol. The topological polar surface area (TPSA) is 58.4 Å². The van der Waals surface area contributed by atoms with Gasteiger partial charge >= 0.3 is 0 Å². The molecular weight excluding hydrogens is 350 g/mol. The molecule has 0 unspecified atom stereocenters. The van der Waals surface area contributed by atoms with E-state index >= 15 is 0 Å². The van der Waals surface area contributed by atoms with Crippen LogP contribution in [-0.2, 0) is 11.3 Å². The van der Waals surface area contributed by atoms with E-state index in [1.165, 1.54) is 25.7 Å². The van der Waals surface area contributed by atoms with E-state index in [2.05, 4.69) is 14.8 Å². The monoisotopic (exact) mass is 377 g/mol. The molecule has 0 bridgehead atoms. The van der Waals surface area contributed by atoms with Gasteiger partial charge in [-0.1, -0.05) is 24.6 Å². The smallest absolute Gasteiger partial charge is 0.191 e. The van der Waals surface area contributed by atoms with Gasteiger partial charge < -0.3 is 18.8 Å². The summed E-state index contributed by atoms with van der Waals surface area (Å²) < 4.78 is 18.2. The zero-order valence-electron chi connectivity index (χ0n) is 15.7. The van der Waals surface area contributed by atoms with Crippen LogP contribution in [0, 0.1) is 0 Å². The summed E-state index contributed by atoms with van der Waals surface area (Å²) in [7, 11) is 5.02. The Kier molecular flexibility index (Phi) is 6.80. The minimum Gasteiger partial charge on any atom is -0.493 e. The molecule has 0 radical (unpaired) electrons. The summed E-state index contributed by atoms with van der Waals surface area (Å²) in [6.07, 6.45) is 6.09. The van der Waals surface area contributed by atoms with Crippen LogP contribution in [0.25, 0.3) is 11.4 Å². The van der Waals surface area contributed by atoms with Gasteiger partial charge in [0.2, 0.25) is 0 Å². The van der Waals surface area contributed by atoms with Crippen molar-refractivity contribution in [2.45, 2.75) is 49.1 Å². The molecule has 0 saturated heterocycles. The molecule has 1 fully saturated rings. The fourth-order valence-electron chi connectivity index (χ4n) is 3.29. The van der Waals surface area contributed by atoms with Gasteiger partial charge in [0, 0.05) is 31.1 Å². The van der Waals surface area contributed by atoms with Crippen LogP contribution in [0.1, 0.15) is 32.1 Å². The number of aromatic nitrogens is 3. The molecule has 142 valence electrons. The summed E-state index contributed by atoms with van der Waals surface area (Å²) in [5.41, 5.74) is 0.978. The van der Waals surface area contributed by atoms with Crippen molar-refractivity contribution in [3.05, 3.63) is 18.2 Å². The molecule has 26 heavy (non-hydrogen) atoms. The van der Waals surface area contributed by atoms with E-state index in [4.69, 9.17) is 14.2 Å². The molecule has 0 N–H and O–H groups in total. The van der Waals surface area contributed by atoms with Gasteiger partial charge in [-0.15, -0.1) is 10.2 Å². The second-order valence-corrected chi connectivity index (χ2v) is 7.67. The standard InChI is InChI=1S/C19H27N3O3S/c1-23-12-6-11-22-18(14-9-10-16(24-2)17(13-14)25-3)20-21-19(22)26-15-7-4-5-8-15/h9-10,13,15H,4-8,11-12H2,1-3H3. The SMILES string of the molecule is COCCCn1c(SC2CCCC2)nnc1-c1ccc(OC)c(OC)c1. The molecule has 0 spiro atoms. The van der Waals surface area contributed by atoms with Crippen LogP contribution in [0.3, 0.4) is 0 Å². The van der Waals surface area contributed by atoms with Crippen LogP contribution in [0.5, 0.6) is 11.5 Å². The van der Waals surface area contributed by atoms with Gasteiger partial charge in [-0.05, 0) is 37.5 Å². The maximum Gasteiger partial charge on any atom is 0.191 e. The van der Waals surface area contributed by atoms with E-state index in [1.54, 1.807) is 21.3 Å². The largest absolute Gasteiger partial charge is 0.493 e. The third kappa shape index (κ3) is 4.32. The fraction of sp³-hybridized carbons (Fsp3) is 0.579. The molecule has 0 aliphatic heterocycles. The lowest BCUT2D eigenvalue weighted by molar-refractivity contribution is 0.189. The van der Waals surface area contributed by atoms with Crippen molar-refractivity contribution in [2.75, 3.05) is 27.9 Å². The number of hydrogen-bond donors (Lipinski definition) is 0. The Balaban J connectivity index is 1.90. The van der Waals surface area contributed by atoms with Gasteiger partial charge in [0.1, 0.15) is 0 Å². The van der Waals surface area contributed by atoms with Crippen LogP contribution >= 0.6 is 11.8 Å². The van der Waals surface area contributed by atoms with Crippen LogP contribution in [0.2, 0.25) is 0 Å². The van der Waals surface area contributed by atoms with E-state index in [9.17, 15) is 0 Å². The summed E-state index contributed by atoms with van der Waals surface area (Å²) in [5.74, 6) is 2.27. The summed E-state index contributed by atoms with van der Waals surface area (Å²) in [5, 5.41) is 10.6. The third-order valence-corrected chi connectivity index (χ3v) is 5.98. The predicted molar refractivity (Wildman–Crippen MR) is 103 cm³/mol. The second kappa shape index (κ2) is 9.28. The highest BCUT2D eigenvalue weighted by Gasteiger charge is 2.22. The maximum atomic E-state index is 5.44. The van der Waals surface area contributed by atoms with Crippen molar-refractivity contribution >= 4 is 11.8 Å². The van der Waals surface area contributed by atoms with E-state index in [-0.39, 0.29) is 0 Å². The van der Waals surface area contributed by atoms with Gasteiger partial charge in [0.05, 0.1) is 14.2 Å². The number of rotatable bonds is 9. The van der Waals surface area contributed by atoms with E-state index in [1.807, 2.05) is 30.0 Å². The Bertz CT molecular complexity index is 714. The van der Waals surface area contributed by atoms with Gasteiger partial charge in [0.15, 0.2) is 22.5 Å². The van der Waals surface area contributed by atoms with Crippen molar-refractivity contribution in [1.82, 2.24) is 14.8 Å². The lowest BCUT2D eigenvalue weighted by atomic mass is 10.2. The third-order valence-electron chi connectivity index (χ3n) is 4.66. The lowest BCUT2D eigenvalue weighted by Gasteiger charge is -2.13. The van der Waals surface area contributed by atoms with Crippen molar-refractivity contribution in [2.24, 2.45) is 0 Å².